The fraction of sp³-hybridized carbons (Fsp3) is 0.618. The number of aliphatic hydroxyl groups excluding tert-OH is 3. The van der Waals surface area contributed by atoms with Gasteiger partial charge in [-0.25, -0.2) is 4.79 Å². The number of nitrogens with one attached hydrogen (secondary N) is 3. The molecule has 0 aromatic heterocycles. The number of β-lactam (4-membered cyclic amide) rings is 2. The van der Waals surface area contributed by atoms with E-state index in [1.54, 1.807) is 13.8 Å². The summed E-state index contributed by atoms with van der Waals surface area (Å²) in [5.74, 6) is -3.51. The Morgan fingerprint density at radius 2 is 1.59 bits per heavy atom. The van der Waals surface area contributed by atoms with Gasteiger partial charge in [-0.15, -0.1) is 11.8 Å². The molecule has 1 aromatic carbocycles. The molecular formula is C34H51KN6O12S. The third kappa shape index (κ3) is 11.6. The second-order valence-corrected chi connectivity index (χ2v) is 15.0. The van der Waals surface area contributed by atoms with E-state index in [0.29, 0.717) is 5.56 Å². The van der Waals surface area contributed by atoms with E-state index in [-0.39, 0.29) is 107 Å². The molecule has 296 valence electrons. The summed E-state index contributed by atoms with van der Waals surface area (Å²) in [6, 6.07) is 2.43. The van der Waals surface area contributed by atoms with E-state index >= 15 is 0 Å². The third-order valence-electron chi connectivity index (χ3n) is 9.21. The zero-order chi connectivity index (χ0) is 39.6. The van der Waals surface area contributed by atoms with Gasteiger partial charge >= 0.3 is 57.4 Å². The first-order valence-corrected chi connectivity index (χ1v) is 18.2. The molecule has 4 aliphatic heterocycles. The fourth-order valence-electron chi connectivity index (χ4n) is 6.10. The molecular weight excluding hydrogens is 756 g/mol. The number of benzene rings is 1. The number of ether oxygens (including phenoxy) is 1. The summed E-state index contributed by atoms with van der Waals surface area (Å²) in [5.41, 5.74) is 6.41. The second-order valence-electron chi connectivity index (χ2n) is 13.2. The fourth-order valence-corrected chi connectivity index (χ4v) is 7.72. The maximum Gasteiger partial charge on any atom is 1.00 e. The molecule has 10 N–H and O–H groups in total. The van der Waals surface area contributed by atoms with Crippen molar-refractivity contribution in [2.45, 2.75) is 99.6 Å². The molecule has 0 radical (unpaired) electrons. The molecule has 1 aromatic rings. The molecule has 0 unspecified atom stereocenters. The second kappa shape index (κ2) is 21.8. The van der Waals surface area contributed by atoms with Crippen LogP contribution in [0.5, 0.6) is 5.75 Å². The van der Waals surface area contributed by atoms with Gasteiger partial charge in [0.25, 0.3) is 0 Å². The van der Waals surface area contributed by atoms with Crippen molar-refractivity contribution in [1.82, 2.24) is 25.8 Å². The maximum absolute atomic E-state index is 12.3. The van der Waals surface area contributed by atoms with Gasteiger partial charge in [0, 0.05) is 29.9 Å². The first-order valence-electron chi connectivity index (χ1n) is 17.3. The van der Waals surface area contributed by atoms with E-state index in [1.807, 2.05) is 13.8 Å². The SMILES string of the molecule is CC1(C)S[C@@H]2[C@H](NC(=O)[C@H](N)c3ccc(O)cc3)C(=O)N2[C@H]1C(=O)O.CC[C@@H](CO)NCCN[C@@H](CC)CO.O=C([O-])[C@H]1/C(=C/CO)O[C@@H]2CC(=O)N21.[K+]. The van der Waals surface area contributed by atoms with E-state index in [1.165, 1.54) is 47.0 Å². The number of aromatic hydroxyl groups is 1. The number of phenols is 1. The van der Waals surface area contributed by atoms with E-state index in [2.05, 4.69) is 16.0 Å². The van der Waals surface area contributed by atoms with Gasteiger partial charge in [0.1, 0.15) is 41.0 Å². The number of rotatable bonds is 15. The number of aliphatic hydroxyl groups is 3. The number of carbonyl (C=O) groups is 5. The Kier molecular flexibility index (Phi) is 19.3. The van der Waals surface area contributed by atoms with Crippen LogP contribution < -0.4 is 78.2 Å². The molecule has 4 saturated heterocycles. The smallest absolute Gasteiger partial charge is 0.547 e. The molecule has 4 fully saturated rings. The van der Waals surface area contributed by atoms with Gasteiger partial charge in [-0.05, 0) is 50.5 Å². The minimum Gasteiger partial charge on any atom is -0.547 e. The number of amides is 3. The van der Waals surface area contributed by atoms with E-state index in [0.717, 1.165) is 30.8 Å². The van der Waals surface area contributed by atoms with Gasteiger partial charge in [-0.1, -0.05) is 26.0 Å². The van der Waals surface area contributed by atoms with Gasteiger partial charge in [-0.2, -0.15) is 0 Å². The standard InChI is InChI=1S/C16H19N3O5S.C10H24N2O2.C8H9NO5.K/c1-16(2)11(15(23)24)19-13(22)10(14(19)25-16)18-12(21)9(17)7-3-5-8(20)6-4-7;1-3-9(7-13)11-5-6-12-10(4-2)8-14;10-2-1-4-7(8(12)13)9-5(11)3-6(9)14-4;/h3-6,9-11,14,20H,17H2,1-2H3,(H,18,21)(H,23,24);9-14H,3-8H2,1-2H3;1,6-7,10H,2-3H2,(H,12,13);/q;;;+1/p-1/b;;4-1-;/t9-,10-,11+,14-;9-,10-;6-,7-;/m101./s1. The molecule has 20 heteroatoms. The van der Waals surface area contributed by atoms with E-state index in [9.17, 15) is 39.3 Å². The number of carboxylic acids is 2. The molecule has 4 aliphatic rings. The summed E-state index contributed by atoms with van der Waals surface area (Å²) >= 11 is 1.35. The Morgan fingerprint density at radius 1 is 1.04 bits per heavy atom. The molecule has 0 bridgehead atoms. The molecule has 0 saturated carbocycles. The van der Waals surface area contributed by atoms with Crippen molar-refractivity contribution in [3.8, 4) is 5.75 Å². The number of phenolic OH excluding ortho intramolecular Hbond substituents is 1. The number of aliphatic carboxylic acids is 2. The quantitative estimate of drug-likeness (QED) is 0.0454. The average molecular weight is 807 g/mol. The van der Waals surface area contributed by atoms with Crippen molar-refractivity contribution in [3.63, 3.8) is 0 Å². The minimum atomic E-state index is -1.39. The van der Waals surface area contributed by atoms with Crippen LogP contribution in [0.3, 0.4) is 0 Å². The monoisotopic (exact) mass is 806 g/mol. The van der Waals surface area contributed by atoms with Crippen LogP contribution in [-0.4, -0.2) is 144 Å². The molecule has 8 atom stereocenters. The zero-order valence-electron chi connectivity index (χ0n) is 31.1. The molecule has 54 heavy (non-hydrogen) atoms. The molecule has 5 rings (SSSR count). The Labute approximate surface area is 360 Å². The minimum absolute atomic E-state index is 0. The maximum atomic E-state index is 12.3. The molecule has 3 amide bonds. The number of fused-ring (bicyclic) bond motifs is 2. The zero-order valence-corrected chi connectivity index (χ0v) is 35.1. The number of hydrogen-bond acceptors (Lipinski definition) is 15. The van der Waals surface area contributed by atoms with Crippen LogP contribution in [-0.2, 0) is 28.7 Å². The summed E-state index contributed by atoms with van der Waals surface area (Å²) in [6.07, 6.45) is 2.79. The Bertz CT molecular complexity index is 1470. The van der Waals surface area contributed by atoms with Crippen LogP contribution in [0.15, 0.2) is 36.1 Å². The topological polar surface area (TPSA) is 287 Å². The van der Waals surface area contributed by atoms with Crippen LogP contribution in [0.2, 0.25) is 0 Å². The molecule has 4 heterocycles. The van der Waals surface area contributed by atoms with Crippen LogP contribution in [0.4, 0.5) is 0 Å². The number of nitrogens with two attached hydrogens (primary N) is 1. The summed E-state index contributed by atoms with van der Waals surface area (Å²) in [6.45, 7) is 9.33. The van der Waals surface area contributed by atoms with Crippen molar-refractivity contribution in [2.24, 2.45) is 5.73 Å². The van der Waals surface area contributed by atoms with Crippen molar-refractivity contribution in [3.05, 3.63) is 41.7 Å². The van der Waals surface area contributed by atoms with Crippen LogP contribution in [0, 0.1) is 0 Å². The Morgan fingerprint density at radius 3 is 2.04 bits per heavy atom. The summed E-state index contributed by atoms with van der Waals surface area (Å²) in [4.78, 5) is 60.3. The largest absolute Gasteiger partial charge is 1.00 e. The van der Waals surface area contributed by atoms with Gasteiger partial charge < -0.3 is 66.8 Å². The Balaban J connectivity index is 0.000000299. The van der Waals surface area contributed by atoms with Crippen molar-refractivity contribution >= 4 is 41.4 Å². The van der Waals surface area contributed by atoms with Crippen LogP contribution >= 0.6 is 11.8 Å². The normalized spacial score (nSPS) is 25.4. The number of carbonyl (C=O) groups excluding carboxylic acids is 4. The van der Waals surface area contributed by atoms with Crippen molar-refractivity contribution in [1.29, 1.82) is 0 Å². The van der Waals surface area contributed by atoms with Crippen LogP contribution in [0.25, 0.3) is 0 Å². The number of hydrogen-bond donors (Lipinski definition) is 9. The predicted octanol–water partition coefficient (Wildman–Crippen LogP) is -5.70. The first kappa shape index (κ1) is 47.8. The summed E-state index contributed by atoms with van der Waals surface area (Å²) in [5, 5.41) is 64.5. The van der Waals surface area contributed by atoms with Gasteiger partial charge in [-0.3, -0.25) is 19.3 Å². The molecule has 0 aliphatic carbocycles. The van der Waals surface area contributed by atoms with Crippen LogP contribution in [0.1, 0.15) is 58.6 Å². The van der Waals surface area contributed by atoms with Gasteiger partial charge in [0.15, 0.2) is 6.23 Å². The van der Waals surface area contributed by atoms with Gasteiger partial charge in [0.2, 0.25) is 17.7 Å². The van der Waals surface area contributed by atoms with Gasteiger partial charge in [0.05, 0.1) is 32.2 Å². The predicted molar refractivity (Wildman–Crippen MR) is 189 cm³/mol. The summed E-state index contributed by atoms with van der Waals surface area (Å²) < 4.78 is 4.48. The summed E-state index contributed by atoms with van der Waals surface area (Å²) in [7, 11) is 0. The van der Waals surface area contributed by atoms with E-state index < -0.39 is 64.3 Å². The number of nitrogens with zero attached hydrogens (tertiary/aromatic N) is 2. The molecule has 0 spiro atoms. The van der Waals surface area contributed by atoms with Crippen molar-refractivity contribution < 1.29 is 111 Å². The van der Waals surface area contributed by atoms with Crippen molar-refractivity contribution in [2.75, 3.05) is 32.9 Å². The third-order valence-corrected chi connectivity index (χ3v) is 10.8. The Hall–Kier alpha value is -2.34. The molecule has 18 nitrogen and oxygen atoms in total. The average Bonchev–Trinajstić information content (AvgIpc) is 3.56. The van der Waals surface area contributed by atoms with E-state index in [4.69, 9.17) is 25.8 Å². The first-order chi connectivity index (χ1) is 25.1. The number of carboxylic acid groups (broad SMARTS) is 2. The number of thioether (sulfide) groups is 1.